The van der Waals surface area contributed by atoms with E-state index >= 15 is 0 Å². The molecule has 0 atom stereocenters. The van der Waals surface area contributed by atoms with Gasteiger partial charge in [-0.1, -0.05) is 30.3 Å². The largest absolute Gasteiger partial charge is 0.355 e. The lowest BCUT2D eigenvalue weighted by Crippen LogP contribution is -1.94. The van der Waals surface area contributed by atoms with Crippen molar-refractivity contribution in [2.75, 3.05) is 5.32 Å². The van der Waals surface area contributed by atoms with Crippen LogP contribution in [0.15, 0.2) is 60.1 Å². The Morgan fingerprint density at radius 1 is 1.00 bits per heavy atom. The van der Waals surface area contributed by atoms with Crippen molar-refractivity contribution in [1.29, 1.82) is 0 Å². The highest BCUT2D eigenvalue weighted by Crippen LogP contribution is 2.31. The maximum absolute atomic E-state index is 4.39. The summed E-state index contributed by atoms with van der Waals surface area (Å²) in [5.74, 6) is 0. The molecule has 3 rings (SSSR count). The van der Waals surface area contributed by atoms with E-state index in [0.29, 0.717) is 0 Å². The molecular weight excluding hydrogens is 252 g/mol. The van der Waals surface area contributed by atoms with E-state index in [0.717, 1.165) is 16.4 Å². The molecule has 0 radical (unpaired) electrons. The van der Waals surface area contributed by atoms with Crippen LogP contribution in [0.3, 0.4) is 0 Å². The predicted octanol–water partition coefficient (Wildman–Crippen LogP) is 4.86. The van der Waals surface area contributed by atoms with E-state index in [9.17, 15) is 0 Å². The van der Waals surface area contributed by atoms with Crippen molar-refractivity contribution >= 4 is 22.7 Å². The Morgan fingerprint density at radius 2 is 1.84 bits per heavy atom. The van der Waals surface area contributed by atoms with Crippen molar-refractivity contribution in [2.45, 2.75) is 6.92 Å². The van der Waals surface area contributed by atoms with E-state index in [2.05, 4.69) is 47.6 Å². The van der Waals surface area contributed by atoms with Crippen LogP contribution in [0.25, 0.3) is 10.6 Å². The number of nitrogens with one attached hydrogen (secondary N) is 1. The minimum Gasteiger partial charge on any atom is -0.355 e. The lowest BCUT2D eigenvalue weighted by molar-refractivity contribution is 1.37. The topological polar surface area (TPSA) is 24.9 Å². The van der Waals surface area contributed by atoms with Crippen LogP contribution in [0.4, 0.5) is 11.4 Å². The van der Waals surface area contributed by atoms with Gasteiger partial charge in [-0.25, -0.2) is 4.98 Å². The fraction of sp³-hybridized carbons (Fsp3) is 0.0625. The van der Waals surface area contributed by atoms with Gasteiger partial charge in [0.15, 0.2) is 0 Å². The Morgan fingerprint density at radius 3 is 2.58 bits per heavy atom. The third-order valence-corrected chi connectivity index (χ3v) is 3.86. The Labute approximate surface area is 116 Å². The van der Waals surface area contributed by atoms with Gasteiger partial charge >= 0.3 is 0 Å². The molecule has 0 aliphatic carbocycles. The van der Waals surface area contributed by atoms with Gasteiger partial charge in [-0.15, -0.1) is 11.3 Å². The molecule has 0 spiro atoms. The van der Waals surface area contributed by atoms with E-state index in [1.54, 1.807) is 11.3 Å². The van der Waals surface area contributed by atoms with Crippen LogP contribution < -0.4 is 5.32 Å². The molecule has 19 heavy (non-hydrogen) atoms. The molecule has 0 aliphatic heterocycles. The van der Waals surface area contributed by atoms with Crippen molar-refractivity contribution in [3.05, 3.63) is 65.7 Å². The molecule has 0 aliphatic rings. The first-order valence-corrected chi connectivity index (χ1v) is 7.04. The second kappa shape index (κ2) is 5.24. The zero-order valence-electron chi connectivity index (χ0n) is 10.6. The van der Waals surface area contributed by atoms with Crippen LogP contribution in [0.2, 0.25) is 0 Å². The second-order valence-electron chi connectivity index (χ2n) is 4.31. The number of nitrogens with zero attached hydrogens (tertiary/aromatic N) is 1. The van der Waals surface area contributed by atoms with Gasteiger partial charge in [0.2, 0.25) is 0 Å². The summed E-state index contributed by atoms with van der Waals surface area (Å²) in [4.78, 5) is 4.39. The number of aromatic nitrogens is 1. The number of benzene rings is 2. The summed E-state index contributed by atoms with van der Waals surface area (Å²) in [5, 5.41) is 6.52. The Kier molecular flexibility index (Phi) is 3.29. The van der Waals surface area contributed by atoms with Gasteiger partial charge in [-0.05, 0) is 30.7 Å². The summed E-state index contributed by atoms with van der Waals surface area (Å²) in [6, 6.07) is 16.5. The Hall–Kier alpha value is -2.13. The van der Waals surface area contributed by atoms with Crippen molar-refractivity contribution in [3.8, 4) is 10.6 Å². The number of anilines is 2. The van der Waals surface area contributed by atoms with Crippen molar-refractivity contribution < 1.29 is 0 Å². The molecule has 0 bridgehead atoms. The van der Waals surface area contributed by atoms with Crippen LogP contribution in [0.5, 0.6) is 0 Å². The average Bonchev–Trinajstić information content (AvgIpc) is 2.96. The number of hydrogen-bond donors (Lipinski definition) is 1. The number of thiazole rings is 1. The molecule has 2 aromatic carbocycles. The molecule has 0 amide bonds. The van der Waals surface area contributed by atoms with Gasteiger partial charge in [0, 0.05) is 28.5 Å². The van der Waals surface area contributed by atoms with Gasteiger partial charge in [-0.2, -0.15) is 0 Å². The average molecular weight is 266 g/mol. The van der Waals surface area contributed by atoms with Crippen LogP contribution in [0.1, 0.15) is 5.56 Å². The Bertz CT molecular complexity index is 660. The molecule has 0 unspecified atom stereocenters. The molecule has 3 aromatic rings. The molecule has 0 fully saturated rings. The predicted molar refractivity (Wildman–Crippen MR) is 82.0 cm³/mol. The summed E-state index contributed by atoms with van der Waals surface area (Å²) in [7, 11) is 0. The minimum absolute atomic E-state index is 1.06. The Balaban J connectivity index is 1.97. The monoisotopic (exact) mass is 266 g/mol. The standard InChI is InChI=1S/C16H14N2S/c1-12-14(16-17-10-11-19-16)8-5-9-15(12)18-13-6-3-2-4-7-13/h2-11,18H,1H3. The summed E-state index contributed by atoms with van der Waals surface area (Å²) >= 11 is 1.67. The quantitative estimate of drug-likeness (QED) is 0.732. The van der Waals surface area contributed by atoms with Crippen molar-refractivity contribution in [3.63, 3.8) is 0 Å². The lowest BCUT2D eigenvalue weighted by atomic mass is 10.1. The van der Waals surface area contributed by atoms with Crippen molar-refractivity contribution in [1.82, 2.24) is 4.98 Å². The highest BCUT2D eigenvalue weighted by atomic mass is 32.1. The molecule has 94 valence electrons. The first kappa shape index (κ1) is 11.9. The number of para-hydroxylation sites is 1. The SMILES string of the molecule is Cc1c(Nc2ccccc2)cccc1-c1nccs1. The van der Waals surface area contributed by atoms with E-state index in [1.165, 1.54) is 11.1 Å². The number of rotatable bonds is 3. The van der Waals surface area contributed by atoms with Gasteiger partial charge in [0.05, 0.1) is 0 Å². The van der Waals surface area contributed by atoms with Gasteiger partial charge in [0.25, 0.3) is 0 Å². The van der Waals surface area contributed by atoms with Gasteiger partial charge in [-0.3, -0.25) is 0 Å². The summed E-state index contributed by atoms with van der Waals surface area (Å²) in [5.41, 5.74) is 4.64. The maximum atomic E-state index is 4.39. The highest BCUT2D eigenvalue weighted by molar-refractivity contribution is 7.13. The number of hydrogen-bond acceptors (Lipinski definition) is 3. The zero-order valence-corrected chi connectivity index (χ0v) is 11.4. The minimum atomic E-state index is 1.06. The molecular formula is C16H14N2S. The molecule has 1 aromatic heterocycles. The van der Waals surface area contributed by atoms with Crippen molar-refractivity contribution in [2.24, 2.45) is 0 Å². The molecule has 1 N–H and O–H groups in total. The third kappa shape index (κ3) is 2.51. The van der Waals surface area contributed by atoms with Crippen LogP contribution >= 0.6 is 11.3 Å². The highest BCUT2D eigenvalue weighted by Gasteiger charge is 2.08. The van der Waals surface area contributed by atoms with E-state index in [4.69, 9.17) is 0 Å². The first-order valence-electron chi connectivity index (χ1n) is 6.16. The smallest absolute Gasteiger partial charge is 0.123 e. The van der Waals surface area contributed by atoms with Crippen LogP contribution in [-0.4, -0.2) is 4.98 Å². The molecule has 1 heterocycles. The molecule has 3 heteroatoms. The summed E-state index contributed by atoms with van der Waals surface area (Å²) in [6.45, 7) is 2.13. The molecule has 0 saturated carbocycles. The fourth-order valence-corrected chi connectivity index (χ4v) is 2.76. The maximum Gasteiger partial charge on any atom is 0.123 e. The lowest BCUT2D eigenvalue weighted by Gasteiger charge is -2.12. The third-order valence-electron chi connectivity index (χ3n) is 3.05. The van der Waals surface area contributed by atoms with E-state index in [1.807, 2.05) is 29.8 Å². The molecule has 0 saturated heterocycles. The molecule has 2 nitrogen and oxygen atoms in total. The fourth-order valence-electron chi connectivity index (χ4n) is 2.04. The van der Waals surface area contributed by atoms with E-state index < -0.39 is 0 Å². The normalized spacial score (nSPS) is 10.4. The van der Waals surface area contributed by atoms with Crippen LogP contribution in [0, 0.1) is 6.92 Å². The summed E-state index contributed by atoms with van der Waals surface area (Å²) < 4.78 is 0. The summed E-state index contributed by atoms with van der Waals surface area (Å²) in [6.07, 6.45) is 1.84. The zero-order chi connectivity index (χ0) is 13.1. The van der Waals surface area contributed by atoms with Gasteiger partial charge < -0.3 is 5.32 Å². The van der Waals surface area contributed by atoms with E-state index in [-0.39, 0.29) is 0 Å². The first-order chi connectivity index (χ1) is 9.34. The van der Waals surface area contributed by atoms with Crippen LogP contribution in [-0.2, 0) is 0 Å². The second-order valence-corrected chi connectivity index (χ2v) is 5.20. The van der Waals surface area contributed by atoms with Gasteiger partial charge in [0.1, 0.15) is 5.01 Å².